The maximum atomic E-state index is 6.39. The molecule has 2 rings (SSSR count). The van der Waals surface area contributed by atoms with Crippen LogP contribution in [0.5, 0.6) is 0 Å². The monoisotopic (exact) mass is 280 g/mol. The zero-order valence-electron chi connectivity index (χ0n) is 14.0. The van der Waals surface area contributed by atoms with Crippen molar-refractivity contribution < 1.29 is 0 Å². The first-order valence-corrected chi connectivity index (χ1v) is 9.09. The molecule has 2 nitrogen and oxygen atoms in total. The first-order chi connectivity index (χ1) is 9.63. The fourth-order valence-corrected chi connectivity index (χ4v) is 4.48. The van der Waals surface area contributed by atoms with E-state index in [1.54, 1.807) is 0 Å². The Hall–Kier alpha value is -0.0800. The van der Waals surface area contributed by atoms with Crippen molar-refractivity contribution in [2.45, 2.75) is 83.7 Å². The molecule has 118 valence electrons. The van der Waals surface area contributed by atoms with E-state index in [9.17, 15) is 0 Å². The first-order valence-electron chi connectivity index (χ1n) is 9.09. The van der Waals surface area contributed by atoms with Crippen LogP contribution in [0.1, 0.15) is 71.6 Å². The lowest BCUT2D eigenvalue weighted by Crippen LogP contribution is -2.45. The van der Waals surface area contributed by atoms with Gasteiger partial charge in [-0.15, -0.1) is 0 Å². The number of nitrogens with two attached hydrogens (primary N) is 1. The summed E-state index contributed by atoms with van der Waals surface area (Å²) < 4.78 is 0. The van der Waals surface area contributed by atoms with Crippen LogP contribution in [0.25, 0.3) is 0 Å². The molecular formula is C18H36N2. The highest BCUT2D eigenvalue weighted by Crippen LogP contribution is 2.33. The SMILES string of the molecule is CCC1CCC(N(C)CC2CC(CC)CCC2N)CC1. The van der Waals surface area contributed by atoms with Crippen molar-refractivity contribution in [2.24, 2.45) is 23.5 Å². The van der Waals surface area contributed by atoms with Gasteiger partial charge >= 0.3 is 0 Å². The van der Waals surface area contributed by atoms with E-state index in [2.05, 4.69) is 25.8 Å². The lowest BCUT2D eigenvalue weighted by Gasteiger charge is -2.40. The van der Waals surface area contributed by atoms with Crippen LogP contribution in [0.4, 0.5) is 0 Å². The predicted molar refractivity (Wildman–Crippen MR) is 87.8 cm³/mol. The highest BCUT2D eigenvalue weighted by atomic mass is 15.1. The molecule has 0 radical (unpaired) electrons. The third-order valence-corrected chi connectivity index (χ3v) is 6.27. The van der Waals surface area contributed by atoms with Crippen LogP contribution in [0.2, 0.25) is 0 Å². The summed E-state index contributed by atoms with van der Waals surface area (Å²) in [5, 5.41) is 0. The van der Waals surface area contributed by atoms with Crippen LogP contribution < -0.4 is 5.73 Å². The maximum absolute atomic E-state index is 6.39. The lowest BCUT2D eigenvalue weighted by atomic mass is 9.76. The molecule has 0 spiro atoms. The topological polar surface area (TPSA) is 29.3 Å². The molecule has 0 aromatic heterocycles. The van der Waals surface area contributed by atoms with Gasteiger partial charge in [0.05, 0.1) is 0 Å². The minimum atomic E-state index is 0.451. The van der Waals surface area contributed by atoms with Crippen LogP contribution in [-0.4, -0.2) is 30.6 Å². The van der Waals surface area contributed by atoms with E-state index < -0.39 is 0 Å². The average molecular weight is 281 g/mol. The normalized spacial score (nSPS) is 39.1. The molecule has 0 heterocycles. The second-order valence-corrected chi connectivity index (χ2v) is 7.53. The van der Waals surface area contributed by atoms with E-state index in [0.29, 0.717) is 6.04 Å². The molecule has 3 unspecified atom stereocenters. The van der Waals surface area contributed by atoms with Gasteiger partial charge in [-0.25, -0.2) is 0 Å². The molecule has 0 saturated heterocycles. The van der Waals surface area contributed by atoms with Crippen molar-refractivity contribution >= 4 is 0 Å². The smallest absolute Gasteiger partial charge is 0.00925 e. The van der Waals surface area contributed by atoms with Gasteiger partial charge in [-0.05, 0) is 69.7 Å². The van der Waals surface area contributed by atoms with E-state index in [0.717, 1.165) is 23.8 Å². The molecule has 2 fully saturated rings. The summed E-state index contributed by atoms with van der Waals surface area (Å²) in [6.07, 6.45) is 12.4. The highest BCUT2D eigenvalue weighted by Gasteiger charge is 2.30. The van der Waals surface area contributed by atoms with Crippen molar-refractivity contribution in [1.82, 2.24) is 4.90 Å². The zero-order chi connectivity index (χ0) is 14.5. The molecule has 0 amide bonds. The second kappa shape index (κ2) is 7.79. The van der Waals surface area contributed by atoms with Gasteiger partial charge < -0.3 is 10.6 Å². The van der Waals surface area contributed by atoms with Crippen LogP contribution in [0, 0.1) is 17.8 Å². The molecular weight excluding hydrogens is 244 g/mol. The minimum absolute atomic E-state index is 0.451. The number of hydrogen-bond donors (Lipinski definition) is 1. The largest absolute Gasteiger partial charge is 0.327 e. The highest BCUT2D eigenvalue weighted by molar-refractivity contribution is 4.86. The molecule has 2 N–H and O–H groups in total. The summed E-state index contributed by atoms with van der Waals surface area (Å²) >= 11 is 0. The molecule has 0 aromatic rings. The van der Waals surface area contributed by atoms with E-state index in [1.807, 2.05) is 0 Å². The molecule has 3 atom stereocenters. The fraction of sp³-hybridized carbons (Fsp3) is 1.00. The molecule has 2 aliphatic carbocycles. The first kappa shape index (κ1) is 16.3. The Morgan fingerprint density at radius 2 is 1.50 bits per heavy atom. The summed E-state index contributed by atoms with van der Waals surface area (Å²) in [7, 11) is 2.35. The molecule has 0 aliphatic heterocycles. The Morgan fingerprint density at radius 1 is 0.900 bits per heavy atom. The summed E-state index contributed by atoms with van der Waals surface area (Å²) in [6, 6.07) is 1.28. The molecule has 0 aromatic carbocycles. The molecule has 2 heteroatoms. The summed E-state index contributed by atoms with van der Waals surface area (Å²) in [6.45, 7) is 5.92. The van der Waals surface area contributed by atoms with Gasteiger partial charge in [0, 0.05) is 18.6 Å². The molecule has 2 aliphatic rings. The van der Waals surface area contributed by atoms with Crippen molar-refractivity contribution in [2.75, 3.05) is 13.6 Å². The predicted octanol–water partition coefficient (Wildman–Crippen LogP) is 4.04. The van der Waals surface area contributed by atoms with Crippen LogP contribution in [0.15, 0.2) is 0 Å². The van der Waals surface area contributed by atoms with Gasteiger partial charge in [0.15, 0.2) is 0 Å². The van der Waals surface area contributed by atoms with Crippen molar-refractivity contribution in [3.05, 3.63) is 0 Å². The van der Waals surface area contributed by atoms with Crippen LogP contribution in [-0.2, 0) is 0 Å². The van der Waals surface area contributed by atoms with E-state index >= 15 is 0 Å². The number of rotatable bonds is 5. The fourth-order valence-electron chi connectivity index (χ4n) is 4.48. The van der Waals surface area contributed by atoms with Gasteiger partial charge in [0.1, 0.15) is 0 Å². The van der Waals surface area contributed by atoms with Gasteiger partial charge in [-0.2, -0.15) is 0 Å². The van der Waals surface area contributed by atoms with E-state index in [4.69, 9.17) is 5.73 Å². The standard InChI is InChI=1S/C18H36N2/c1-4-14-6-9-17(10-7-14)20(3)13-16-12-15(5-2)8-11-18(16)19/h14-18H,4-13,19H2,1-3H3. The third kappa shape index (κ3) is 4.21. The summed E-state index contributed by atoms with van der Waals surface area (Å²) in [5.41, 5.74) is 6.39. The second-order valence-electron chi connectivity index (χ2n) is 7.53. The Kier molecular flexibility index (Phi) is 6.35. The molecule has 2 saturated carbocycles. The molecule has 0 bridgehead atoms. The number of nitrogens with zero attached hydrogens (tertiary/aromatic N) is 1. The minimum Gasteiger partial charge on any atom is -0.327 e. The van der Waals surface area contributed by atoms with Gasteiger partial charge in [0.2, 0.25) is 0 Å². The van der Waals surface area contributed by atoms with E-state index in [1.165, 1.54) is 64.3 Å². The summed E-state index contributed by atoms with van der Waals surface area (Å²) in [5.74, 6) is 2.67. The Labute approximate surface area is 126 Å². The van der Waals surface area contributed by atoms with Gasteiger partial charge in [0.25, 0.3) is 0 Å². The maximum Gasteiger partial charge on any atom is 0.00925 e. The average Bonchev–Trinajstić information content (AvgIpc) is 2.49. The number of hydrogen-bond acceptors (Lipinski definition) is 2. The van der Waals surface area contributed by atoms with Crippen LogP contribution >= 0.6 is 0 Å². The van der Waals surface area contributed by atoms with Crippen molar-refractivity contribution in [3.8, 4) is 0 Å². The lowest BCUT2D eigenvalue weighted by molar-refractivity contribution is 0.112. The Bertz CT molecular complexity index is 271. The van der Waals surface area contributed by atoms with Crippen LogP contribution in [0.3, 0.4) is 0 Å². The van der Waals surface area contributed by atoms with Gasteiger partial charge in [-0.3, -0.25) is 0 Å². The summed E-state index contributed by atoms with van der Waals surface area (Å²) in [4.78, 5) is 2.65. The van der Waals surface area contributed by atoms with Crippen molar-refractivity contribution in [3.63, 3.8) is 0 Å². The molecule has 20 heavy (non-hydrogen) atoms. The van der Waals surface area contributed by atoms with Gasteiger partial charge in [-0.1, -0.05) is 26.7 Å². The van der Waals surface area contributed by atoms with E-state index in [-0.39, 0.29) is 0 Å². The van der Waals surface area contributed by atoms with Crippen molar-refractivity contribution in [1.29, 1.82) is 0 Å². The quantitative estimate of drug-likeness (QED) is 0.823. The zero-order valence-corrected chi connectivity index (χ0v) is 14.0. The Morgan fingerprint density at radius 3 is 2.10 bits per heavy atom. The Balaban J connectivity index is 1.79. The third-order valence-electron chi connectivity index (χ3n) is 6.27.